The van der Waals surface area contributed by atoms with Crippen LogP contribution in [-0.4, -0.2) is 7.11 Å². The van der Waals surface area contributed by atoms with E-state index in [0.29, 0.717) is 17.9 Å². The Kier molecular flexibility index (Phi) is 4.27. The van der Waals surface area contributed by atoms with E-state index < -0.39 is 0 Å². The SMILES string of the molecule is COc1ccc(CNc2ccc(C)cc2C)cc1C#N. The zero-order valence-corrected chi connectivity index (χ0v) is 12.0. The summed E-state index contributed by atoms with van der Waals surface area (Å²) in [6.07, 6.45) is 0. The minimum atomic E-state index is 0.562. The Morgan fingerprint density at radius 2 is 1.95 bits per heavy atom. The molecule has 0 bridgehead atoms. The second kappa shape index (κ2) is 6.12. The Bertz CT molecular complexity index is 657. The van der Waals surface area contributed by atoms with Gasteiger partial charge in [0.1, 0.15) is 11.8 Å². The van der Waals surface area contributed by atoms with Crippen LogP contribution >= 0.6 is 0 Å². The fourth-order valence-electron chi connectivity index (χ4n) is 2.16. The van der Waals surface area contributed by atoms with Gasteiger partial charge in [-0.3, -0.25) is 0 Å². The van der Waals surface area contributed by atoms with Crippen molar-refractivity contribution in [3.8, 4) is 11.8 Å². The Labute approximate surface area is 119 Å². The van der Waals surface area contributed by atoms with Gasteiger partial charge in [0.2, 0.25) is 0 Å². The molecule has 3 heteroatoms. The molecule has 0 heterocycles. The van der Waals surface area contributed by atoms with Crippen LogP contribution in [-0.2, 0) is 6.54 Å². The summed E-state index contributed by atoms with van der Waals surface area (Å²) in [4.78, 5) is 0. The van der Waals surface area contributed by atoms with Gasteiger partial charge in [-0.2, -0.15) is 5.26 Å². The maximum Gasteiger partial charge on any atom is 0.136 e. The lowest BCUT2D eigenvalue weighted by Gasteiger charge is -2.11. The molecule has 0 fully saturated rings. The molecule has 20 heavy (non-hydrogen) atoms. The first-order valence-electron chi connectivity index (χ1n) is 6.52. The minimum absolute atomic E-state index is 0.562. The Morgan fingerprint density at radius 3 is 2.60 bits per heavy atom. The van der Waals surface area contributed by atoms with E-state index in [4.69, 9.17) is 10.00 Å². The van der Waals surface area contributed by atoms with E-state index in [1.807, 2.05) is 18.2 Å². The van der Waals surface area contributed by atoms with E-state index in [1.54, 1.807) is 7.11 Å². The minimum Gasteiger partial charge on any atom is -0.495 e. The van der Waals surface area contributed by atoms with Crippen molar-refractivity contribution in [2.75, 3.05) is 12.4 Å². The van der Waals surface area contributed by atoms with Crippen molar-refractivity contribution in [3.05, 3.63) is 58.7 Å². The topological polar surface area (TPSA) is 45.0 Å². The van der Waals surface area contributed by atoms with Crippen molar-refractivity contribution in [2.45, 2.75) is 20.4 Å². The number of nitriles is 1. The highest BCUT2D eigenvalue weighted by molar-refractivity contribution is 5.53. The van der Waals surface area contributed by atoms with Crippen molar-refractivity contribution >= 4 is 5.69 Å². The van der Waals surface area contributed by atoms with Crippen molar-refractivity contribution < 1.29 is 4.74 Å². The van der Waals surface area contributed by atoms with Crippen LogP contribution in [0.5, 0.6) is 5.75 Å². The average Bonchev–Trinajstić information content (AvgIpc) is 2.46. The summed E-state index contributed by atoms with van der Waals surface area (Å²) in [5.41, 5.74) is 5.21. The van der Waals surface area contributed by atoms with Crippen molar-refractivity contribution in [1.82, 2.24) is 0 Å². The molecule has 0 saturated carbocycles. The second-order valence-electron chi connectivity index (χ2n) is 4.82. The van der Waals surface area contributed by atoms with Crippen LogP contribution in [0.3, 0.4) is 0 Å². The van der Waals surface area contributed by atoms with Gasteiger partial charge in [-0.05, 0) is 43.2 Å². The molecule has 0 saturated heterocycles. The lowest BCUT2D eigenvalue weighted by atomic mass is 10.1. The molecule has 2 rings (SSSR count). The van der Waals surface area contributed by atoms with Gasteiger partial charge in [-0.1, -0.05) is 23.8 Å². The molecule has 2 aromatic rings. The monoisotopic (exact) mass is 266 g/mol. The number of anilines is 1. The van der Waals surface area contributed by atoms with E-state index in [0.717, 1.165) is 11.3 Å². The van der Waals surface area contributed by atoms with E-state index in [-0.39, 0.29) is 0 Å². The number of nitrogens with zero attached hydrogens (tertiary/aromatic N) is 1. The predicted octanol–water partition coefficient (Wildman–Crippen LogP) is 3.80. The lowest BCUT2D eigenvalue weighted by Crippen LogP contribution is -2.02. The first kappa shape index (κ1) is 14.0. The molecule has 3 nitrogen and oxygen atoms in total. The summed E-state index contributed by atoms with van der Waals surface area (Å²) in [7, 11) is 1.57. The van der Waals surface area contributed by atoms with E-state index >= 15 is 0 Å². The number of hydrogen-bond acceptors (Lipinski definition) is 3. The summed E-state index contributed by atoms with van der Waals surface area (Å²) in [6.45, 7) is 4.85. The first-order chi connectivity index (χ1) is 9.63. The highest BCUT2D eigenvalue weighted by atomic mass is 16.5. The number of hydrogen-bond donors (Lipinski definition) is 1. The van der Waals surface area contributed by atoms with Gasteiger partial charge < -0.3 is 10.1 Å². The molecule has 102 valence electrons. The summed E-state index contributed by atoms with van der Waals surface area (Å²) in [5.74, 6) is 0.614. The van der Waals surface area contributed by atoms with Crippen LogP contribution in [0.1, 0.15) is 22.3 Å². The van der Waals surface area contributed by atoms with Crippen LogP contribution in [0.4, 0.5) is 5.69 Å². The third-order valence-corrected chi connectivity index (χ3v) is 3.25. The molecule has 0 atom stereocenters. The molecule has 0 aliphatic heterocycles. The van der Waals surface area contributed by atoms with Gasteiger partial charge in [0.15, 0.2) is 0 Å². The third kappa shape index (κ3) is 3.10. The molecular weight excluding hydrogens is 248 g/mol. The molecule has 0 spiro atoms. The second-order valence-corrected chi connectivity index (χ2v) is 4.82. The van der Waals surface area contributed by atoms with Crippen molar-refractivity contribution in [1.29, 1.82) is 5.26 Å². The smallest absolute Gasteiger partial charge is 0.136 e. The average molecular weight is 266 g/mol. The van der Waals surface area contributed by atoms with Crippen molar-refractivity contribution in [3.63, 3.8) is 0 Å². The fraction of sp³-hybridized carbons (Fsp3) is 0.235. The molecule has 0 radical (unpaired) electrons. The lowest BCUT2D eigenvalue weighted by molar-refractivity contribution is 0.413. The number of aryl methyl sites for hydroxylation is 2. The van der Waals surface area contributed by atoms with E-state index in [1.165, 1.54) is 11.1 Å². The van der Waals surface area contributed by atoms with Crippen LogP contribution < -0.4 is 10.1 Å². The summed E-state index contributed by atoms with van der Waals surface area (Å²) >= 11 is 0. The molecule has 0 aliphatic carbocycles. The summed E-state index contributed by atoms with van der Waals surface area (Å²) in [6, 6.07) is 14.1. The van der Waals surface area contributed by atoms with E-state index in [9.17, 15) is 0 Å². The van der Waals surface area contributed by atoms with Crippen LogP contribution in [0.15, 0.2) is 36.4 Å². The number of rotatable bonds is 4. The Balaban J connectivity index is 2.13. The van der Waals surface area contributed by atoms with Gasteiger partial charge in [0.25, 0.3) is 0 Å². The number of nitrogens with one attached hydrogen (secondary N) is 1. The number of ether oxygens (including phenoxy) is 1. The summed E-state index contributed by atoms with van der Waals surface area (Å²) < 4.78 is 5.14. The zero-order valence-electron chi connectivity index (χ0n) is 12.0. The third-order valence-electron chi connectivity index (χ3n) is 3.25. The van der Waals surface area contributed by atoms with Crippen LogP contribution in [0.25, 0.3) is 0 Å². The zero-order chi connectivity index (χ0) is 14.5. The van der Waals surface area contributed by atoms with Gasteiger partial charge in [0.05, 0.1) is 12.7 Å². The maximum atomic E-state index is 9.08. The molecular formula is C17H18N2O. The highest BCUT2D eigenvalue weighted by Crippen LogP contribution is 2.21. The van der Waals surface area contributed by atoms with Crippen LogP contribution in [0, 0.1) is 25.2 Å². The maximum absolute atomic E-state index is 9.08. The summed E-state index contributed by atoms with van der Waals surface area (Å²) in [5, 5.41) is 12.5. The molecule has 0 unspecified atom stereocenters. The van der Waals surface area contributed by atoms with Crippen molar-refractivity contribution in [2.24, 2.45) is 0 Å². The molecule has 2 aromatic carbocycles. The van der Waals surface area contributed by atoms with Crippen LogP contribution in [0.2, 0.25) is 0 Å². The number of benzene rings is 2. The first-order valence-corrected chi connectivity index (χ1v) is 6.52. The Morgan fingerprint density at radius 1 is 1.15 bits per heavy atom. The van der Waals surface area contributed by atoms with E-state index in [2.05, 4.69) is 43.4 Å². The molecule has 0 aromatic heterocycles. The predicted molar refractivity (Wildman–Crippen MR) is 81.0 cm³/mol. The molecule has 1 N–H and O–H groups in total. The number of methoxy groups -OCH3 is 1. The Hall–Kier alpha value is -2.47. The molecule has 0 aliphatic rings. The van der Waals surface area contributed by atoms with Gasteiger partial charge in [-0.15, -0.1) is 0 Å². The highest BCUT2D eigenvalue weighted by Gasteiger charge is 2.04. The largest absolute Gasteiger partial charge is 0.495 e. The quantitative estimate of drug-likeness (QED) is 0.915. The van der Waals surface area contributed by atoms with Gasteiger partial charge in [0, 0.05) is 12.2 Å². The van der Waals surface area contributed by atoms with Gasteiger partial charge in [-0.25, -0.2) is 0 Å². The standard InChI is InChI=1S/C17H18N2O/c1-12-4-6-16(13(2)8-12)19-11-14-5-7-17(20-3)15(9-14)10-18/h4-9,19H,11H2,1-3H3. The molecule has 0 amide bonds. The fourth-order valence-corrected chi connectivity index (χ4v) is 2.16. The van der Waals surface area contributed by atoms with Gasteiger partial charge >= 0.3 is 0 Å². The normalized spacial score (nSPS) is 9.90.